The van der Waals surface area contributed by atoms with Gasteiger partial charge >= 0.3 is 0 Å². The van der Waals surface area contributed by atoms with Crippen LogP contribution >= 0.6 is 23.1 Å². The number of nitrogens with one attached hydrogen (secondary N) is 3. The molecule has 5 rings (SSSR count). The van der Waals surface area contributed by atoms with Crippen molar-refractivity contribution in [3.63, 3.8) is 0 Å². The Morgan fingerprint density at radius 3 is 2.05 bits per heavy atom. The molecule has 0 saturated carbocycles. The number of hydrogen-bond donors (Lipinski definition) is 3. The fraction of sp³-hybridized carbons (Fsp3) is 0.0833. The molecule has 6 nitrogen and oxygen atoms in total. The second kappa shape index (κ2) is 14.5. The van der Waals surface area contributed by atoms with Crippen molar-refractivity contribution in [2.75, 3.05) is 10.6 Å². The molecule has 0 aliphatic rings. The molecule has 1 unspecified atom stereocenters. The number of thiophene rings is 1. The maximum atomic E-state index is 13.5. The van der Waals surface area contributed by atoms with Crippen LogP contribution in [0.5, 0.6) is 0 Å². The Bertz CT molecular complexity index is 1750. The zero-order chi connectivity index (χ0) is 30.9. The first-order valence-electron chi connectivity index (χ1n) is 14.0. The van der Waals surface area contributed by atoms with Gasteiger partial charge in [0.2, 0.25) is 5.91 Å². The average molecular weight is 618 g/mol. The summed E-state index contributed by atoms with van der Waals surface area (Å²) in [6.45, 7) is 4.01. The summed E-state index contributed by atoms with van der Waals surface area (Å²) in [7, 11) is 0. The van der Waals surface area contributed by atoms with Crippen molar-refractivity contribution in [1.82, 2.24) is 5.32 Å². The van der Waals surface area contributed by atoms with Crippen LogP contribution in [0.1, 0.15) is 37.9 Å². The van der Waals surface area contributed by atoms with Gasteiger partial charge in [-0.2, -0.15) is 11.3 Å². The molecular formula is C36H31N3O3S2. The van der Waals surface area contributed by atoms with Gasteiger partial charge in [0, 0.05) is 21.8 Å². The lowest BCUT2D eigenvalue weighted by Gasteiger charge is -2.18. The quantitative estimate of drug-likeness (QED) is 0.109. The summed E-state index contributed by atoms with van der Waals surface area (Å²) in [4.78, 5) is 40.5. The molecule has 1 heterocycles. The van der Waals surface area contributed by atoms with Crippen molar-refractivity contribution in [1.29, 1.82) is 0 Å². The van der Waals surface area contributed by atoms with Crippen LogP contribution in [-0.4, -0.2) is 17.7 Å². The third kappa shape index (κ3) is 8.34. The molecule has 0 saturated heterocycles. The lowest BCUT2D eigenvalue weighted by atomic mass is 10.1. The van der Waals surface area contributed by atoms with Crippen molar-refractivity contribution < 1.29 is 14.4 Å². The largest absolute Gasteiger partial charge is 0.325 e. The first-order valence-corrected chi connectivity index (χ1v) is 15.8. The standard InChI is InChI=1S/C36H31N3O3S2/c1-24-19-25(2)21-30(20-24)38-36(42)33(27-9-5-3-6-10-27)44-31-15-13-29(14-16-31)37-35(41)32(22-26-17-18-43-23-26)39-34(40)28-11-7-4-8-12-28/h3-23,33H,1-2H3,(H,37,41)(H,38,42)(H,39,40)/b32-22-. The Morgan fingerprint density at radius 1 is 0.750 bits per heavy atom. The lowest BCUT2D eigenvalue weighted by molar-refractivity contribution is -0.116. The molecule has 44 heavy (non-hydrogen) atoms. The van der Waals surface area contributed by atoms with Gasteiger partial charge in [-0.3, -0.25) is 14.4 Å². The summed E-state index contributed by atoms with van der Waals surface area (Å²) in [5, 5.41) is 12.0. The molecule has 3 N–H and O–H groups in total. The van der Waals surface area contributed by atoms with Crippen LogP contribution < -0.4 is 16.0 Å². The van der Waals surface area contributed by atoms with Crippen molar-refractivity contribution in [2.45, 2.75) is 24.0 Å². The zero-order valence-corrected chi connectivity index (χ0v) is 25.9. The summed E-state index contributed by atoms with van der Waals surface area (Å²) >= 11 is 2.93. The van der Waals surface area contributed by atoms with Crippen molar-refractivity contribution in [2.24, 2.45) is 0 Å². The average Bonchev–Trinajstić information content (AvgIpc) is 3.54. The summed E-state index contributed by atoms with van der Waals surface area (Å²) in [6, 6.07) is 33.6. The summed E-state index contributed by atoms with van der Waals surface area (Å²) in [6.07, 6.45) is 1.65. The van der Waals surface area contributed by atoms with Crippen LogP contribution in [0.2, 0.25) is 0 Å². The third-order valence-corrected chi connectivity index (χ3v) is 8.55. The maximum absolute atomic E-state index is 13.5. The number of benzene rings is 4. The first-order chi connectivity index (χ1) is 21.3. The van der Waals surface area contributed by atoms with Gasteiger partial charge in [-0.1, -0.05) is 54.6 Å². The Labute approximate surface area is 265 Å². The number of thioether (sulfide) groups is 1. The highest BCUT2D eigenvalue weighted by atomic mass is 32.2. The number of hydrogen-bond acceptors (Lipinski definition) is 5. The van der Waals surface area contributed by atoms with Crippen LogP contribution in [0.3, 0.4) is 0 Å². The zero-order valence-electron chi connectivity index (χ0n) is 24.2. The first kappa shape index (κ1) is 30.5. The van der Waals surface area contributed by atoms with Crippen molar-refractivity contribution in [3.8, 4) is 0 Å². The van der Waals surface area contributed by atoms with E-state index in [2.05, 4.69) is 22.0 Å². The molecule has 5 aromatic rings. The normalized spacial score (nSPS) is 11.8. The van der Waals surface area contributed by atoms with E-state index in [1.54, 1.807) is 42.5 Å². The van der Waals surface area contributed by atoms with E-state index >= 15 is 0 Å². The minimum absolute atomic E-state index is 0.124. The number of aryl methyl sites for hydroxylation is 2. The molecule has 3 amide bonds. The Kier molecular flexibility index (Phi) is 10.1. The van der Waals surface area contributed by atoms with Gasteiger partial charge in [-0.05, 0) is 108 Å². The van der Waals surface area contributed by atoms with Gasteiger partial charge in [-0.25, -0.2) is 0 Å². The molecule has 0 bridgehead atoms. The number of amides is 3. The van der Waals surface area contributed by atoms with Crippen LogP contribution in [0.4, 0.5) is 11.4 Å². The molecular weight excluding hydrogens is 587 g/mol. The topological polar surface area (TPSA) is 87.3 Å². The summed E-state index contributed by atoms with van der Waals surface area (Å²) in [5.41, 5.74) is 5.75. The Morgan fingerprint density at radius 2 is 1.41 bits per heavy atom. The van der Waals surface area contributed by atoms with Gasteiger partial charge in [0.15, 0.2) is 0 Å². The number of rotatable bonds is 10. The molecule has 4 aromatic carbocycles. The van der Waals surface area contributed by atoms with Gasteiger partial charge in [0.1, 0.15) is 10.9 Å². The second-order valence-electron chi connectivity index (χ2n) is 10.2. The molecule has 1 atom stereocenters. The molecule has 0 spiro atoms. The fourth-order valence-electron chi connectivity index (χ4n) is 4.57. The highest BCUT2D eigenvalue weighted by Gasteiger charge is 2.23. The molecule has 0 aliphatic heterocycles. The molecule has 220 valence electrons. The molecule has 0 fully saturated rings. The molecule has 0 radical (unpaired) electrons. The Hall–Kier alpha value is -4.92. The third-order valence-electron chi connectivity index (χ3n) is 6.58. The van der Waals surface area contributed by atoms with E-state index in [1.165, 1.54) is 23.1 Å². The van der Waals surface area contributed by atoms with Gasteiger partial charge in [-0.15, -0.1) is 11.8 Å². The van der Waals surface area contributed by atoms with Crippen LogP contribution in [0.15, 0.2) is 131 Å². The molecule has 0 aliphatic carbocycles. The SMILES string of the molecule is Cc1cc(C)cc(NC(=O)C(Sc2ccc(NC(=O)/C(=C/c3ccsc3)NC(=O)c3ccccc3)cc2)c2ccccc2)c1. The van der Waals surface area contributed by atoms with Crippen LogP contribution in [0.25, 0.3) is 6.08 Å². The van der Waals surface area contributed by atoms with Gasteiger partial charge in [0.05, 0.1) is 0 Å². The highest BCUT2D eigenvalue weighted by Crippen LogP contribution is 2.37. The van der Waals surface area contributed by atoms with Gasteiger partial charge < -0.3 is 16.0 Å². The van der Waals surface area contributed by atoms with E-state index in [4.69, 9.17) is 0 Å². The van der Waals surface area contributed by atoms with E-state index in [1.807, 2.05) is 91.3 Å². The molecule has 1 aromatic heterocycles. The number of carbonyl (C=O) groups excluding carboxylic acids is 3. The van der Waals surface area contributed by atoms with E-state index in [-0.39, 0.29) is 17.5 Å². The fourth-order valence-corrected chi connectivity index (χ4v) is 6.22. The predicted octanol–water partition coefficient (Wildman–Crippen LogP) is 8.25. The minimum Gasteiger partial charge on any atom is -0.325 e. The number of anilines is 2. The smallest absolute Gasteiger partial charge is 0.272 e. The van der Waals surface area contributed by atoms with Gasteiger partial charge in [0.25, 0.3) is 11.8 Å². The van der Waals surface area contributed by atoms with E-state index < -0.39 is 11.2 Å². The van der Waals surface area contributed by atoms with Crippen LogP contribution in [-0.2, 0) is 9.59 Å². The molecule has 8 heteroatoms. The Balaban J connectivity index is 1.31. The lowest BCUT2D eigenvalue weighted by Crippen LogP contribution is -2.30. The predicted molar refractivity (Wildman–Crippen MR) is 181 cm³/mol. The van der Waals surface area contributed by atoms with E-state index in [0.29, 0.717) is 11.3 Å². The maximum Gasteiger partial charge on any atom is 0.272 e. The second-order valence-corrected chi connectivity index (χ2v) is 12.1. The minimum atomic E-state index is -0.495. The van der Waals surface area contributed by atoms with E-state index in [0.717, 1.165) is 32.8 Å². The van der Waals surface area contributed by atoms with E-state index in [9.17, 15) is 14.4 Å². The highest BCUT2D eigenvalue weighted by molar-refractivity contribution is 8.00. The van der Waals surface area contributed by atoms with Crippen LogP contribution in [0, 0.1) is 13.8 Å². The summed E-state index contributed by atoms with van der Waals surface area (Å²) in [5.74, 6) is -0.947. The van der Waals surface area contributed by atoms with Crippen molar-refractivity contribution >= 4 is 58.3 Å². The van der Waals surface area contributed by atoms with Crippen molar-refractivity contribution in [3.05, 3.63) is 153 Å². The summed E-state index contributed by atoms with van der Waals surface area (Å²) < 4.78 is 0. The number of carbonyl (C=O) groups is 3. The monoisotopic (exact) mass is 617 g/mol.